The Hall–Kier alpha value is 0.354. The van der Waals surface area contributed by atoms with Crippen LogP contribution in [0.15, 0.2) is 0 Å². The minimum atomic E-state index is -0.139. The van der Waals surface area contributed by atoms with E-state index in [9.17, 15) is 0 Å². The first-order chi connectivity index (χ1) is 3.77. The van der Waals surface area contributed by atoms with Crippen molar-refractivity contribution in [2.45, 2.75) is 25.4 Å². The highest BCUT2D eigenvalue weighted by atomic mass is 28.3. The molecule has 0 radical (unpaired) electrons. The maximum Gasteiger partial charge on any atom is 0.145 e. The average Bonchev–Trinajstić information content (AvgIpc) is 1.66. The van der Waals surface area contributed by atoms with Crippen LogP contribution in [0.4, 0.5) is 0 Å². The van der Waals surface area contributed by atoms with Gasteiger partial charge in [0, 0.05) is 6.04 Å². The van der Waals surface area contributed by atoms with Crippen LogP contribution in [0.1, 0.15) is 13.3 Å². The van der Waals surface area contributed by atoms with Crippen molar-refractivity contribution < 1.29 is 4.12 Å². The van der Waals surface area contributed by atoms with Crippen molar-refractivity contribution in [2.75, 3.05) is 0 Å². The number of hydrogen-bond acceptors (Lipinski definition) is 2. The molecule has 0 heterocycles. The highest BCUT2D eigenvalue weighted by molar-refractivity contribution is 6.34. The lowest BCUT2D eigenvalue weighted by atomic mass is 10.3. The van der Waals surface area contributed by atoms with E-state index in [0.29, 0.717) is 6.04 Å². The normalized spacial score (nSPS) is 15.8. The molecule has 2 nitrogen and oxygen atoms in total. The van der Waals surface area contributed by atoms with Crippen molar-refractivity contribution in [3.05, 3.63) is 0 Å². The summed E-state index contributed by atoms with van der Waals surface area (Å²) >= 11 is 0. The summed E-state index contributed by atoms with van der Waals surface area (Å²) in [5.41, 5.74) is 5.51. The van der Waals surface area contributed by atoms with E-state index in [1.54, 1.807) is 0 Å². The van der Waals surface area contributed by atoms with Gasteiger partial charge in [0.25, 0.3) is 0 Å². The van der Waals surface area contributed by atoms with E-state index in [-0.39, 0.29) is 9.76 Å². The Labute approximate surface area is 56.3 Å². The molecule has 0 saturated heterocycles. The lowest BCUT2D eigenvalue weighted by molar-refractivity contribution is 0.635. The molecular weight excluding hydrogens is 134 g/mol. The van der Waals surface area contributed by atoms with E-state index in [2.05, 4.69) is 0 Å². The Kier molecular flexibility index (Phi) is 5.73. The lowest BCUT2D eigenvalue weighted by Gasteiger charge is -2.01. The number of rotatable bonds is 4. The van der Waals surface area contributed by atoms with E-state index in [4.69, 9.17) is 9.85 Å². The molecule has 0 rings (SSSR count). The molecule has 0 aromatic heterocycles. The monoisotopic (exact) mass is 149 g/mol. The van der Waals surface area contributed by atoms with Crippen molar-refractivity contribution in [2.24, 2.45) is 5.73 Å². The highest BCUT2D eigenvalue weighted by Crippen LogP contribution is 1.91. The smallest absolute Gasteiger partial charge is 0.145 e. The lowest BCUT2D eigenvalue weighted by Crippen LogP contribution is -2.15. The fourth-order valence-electron chi connectivity index (χ4n) is 0.550. The van der Waals surface area contributed by atoms with Gasteiger partial charge in [0.1, 0.15) is 20.2 Å². The Bertz CT molecular complexity index is 51.3. The molecule has 50 valence electrons. The summed E-state index contributed by atoms with van der Waals surface area (Å²) in [5, 5.41) is 0. The van der Waals surface area contributed by atoms with Crippen LogP contribution < -0.4 is 5.73 Å². The molecule has 4 heteroatoms. The van der Waals surface area contributed by atoms with Crippen LogP contribution in [0, 0.1) is 0 Å². The highest BCUT2D eigenvalue weighted by Gasteiger charge is 1.91. The second-order valence-electron chi connectivity index (χ2n) is 2.11. The van der Waals surface area contributed by atoms with Gasteiger partial charge in [-0.05, 0) is 19.4 Å². The van der Waals surface area contributed by atoms with Gasteiger partial charge in [-0.3, -0.25) is 0 Å². The number of hydrogen-bond donors (Lipinski definition) is 1. The fourth-order valence-corrected chi connectivity index (χ4v) is 2.51. The van der Waals surface area contributed by atoms with Crippen molar-refractivity contribution in [1.29, 1.82) is 0 Å². The minimum Gasteiger partial charge on any atom is -0.468 e. The molecule has 0 saturated carbocycles. The molecule has 0 aromatic rings. The van der Waals surface area contributed by atoms with Crippen LogP contribution in [0.3, 0.4) is 0 Å². The van der Waals surface area contributed by atoms with Gasteiger partial charge < -0.3 is 9.85 Å². The van der Waals surface area contributed by atoms with Gasteiger partial charge >= 0.3 is 0 Å². The molecule has 0 aliphatic heterocycles. The van der Waals surface area contributed by atoms with Gasteiger partial charge in [0.2, 0.25) is 0 Å². The standard InChI is InChI=1S/C4H15NOSi2/c1-4(5)2-3-8-6-7/h4H,2-3,5,8H2,1,7H3. The zero-order valence-electron chi connectivity index (χ0n) is 5.68. The van der Waals surface area contributed by atoms with Gasteiger partial charge in [-0.2, -0.15) is 0 Å². The summed E-state index contributed by atoms with van der Waals surface area (Å²) in [5.74, 6) is 0. The van der Waals surface area contributed by atoms with Gasteiger partial charge in [0.15, 0.2) is 0 Å². The molecule has 0 aromatic carbocycles. The molecule has 0 amide bonds. The topological polar surface area (TPSA) is 35.2 Å². The van der Waals surface area contributed by atoms with Crippen LogP contribution in [0.5, 0.6) is 0 Å². The molecule has 2 N–H and O–H groups in total. The SMILES string of the molecule is CC(N)CC[SiH2]O[SiH3]. The molecule has 1 unspecified atom stereocenters. The first-order valence-electron chi connectivity index (χ1n) is 3.02. The van der Waals surface area contributed by atoms with E-state index in [1.807, 2.05) is 6.92 Å². The Balaban J connectivity index is 2.72. The van der Waals surface area contributed by atoms with Crippen molar-refractivity contribution in [1.82, 2.24) is 0 Å². The summed E-state index contributed by atoms with van der Waals surface area (Å²) in [6.07, 6.45) is 1.15. The Morgan fingerprint density at radius 2 is 2.50 bits per heavy atom. The van der Waals surface area contributed by atoms with E-state index in [1.165, 1.54) is 6.04 Å². The molecule has 8 heavy (non-hydrogen) atoms. The quantitative estimate of drug-likeness (QED) is 0.391. The Morgan fingerprint density at radius 3 is 2.88 bits per heavy atom. The summed E-state index contributed by atoms with van der Waals surface area (Å²) in [6.45, 7) is 2.04. The predicted molar refractivity (Wildman–Crippen MR) is 42.6 cm³/mol. The second-order valence-corrected chi connectivity index (χ2v) is 5.54. The third-order valence-corrected chi connectivity index (χ3v) is 3.34. The van der Waals surface area contributed by atoms with Crippen molar-refractivity contribution in [3.8, 4) is 0 Å². The van der Waals surface area contributed by atoms with Crippen LogP contribution in [0.2, 0.25) is 6.04 Å². The first-order valence-corrected chi connectivity index (χ1v) is 5.41. The van der Waals surface area contributed by atoms with Crippen LogP contribution in [-0.4, -0.2) is 26.3 Å². The van der Waals surface area contributed by atoms with E-state index < -0.39 is 0 Å². The van der Waals surface area contributed by atoms with Gasteiger partial charge in [0.05, 0.1) is 0 Å². The van der Waals surface area contributed by atoms with Crippen molar-refractivity contribution in [3.63, 3.8) is 0 Å². The summed E-state index contributed by atoms with van der Waals surface area (Å²) < 4.78 is 5.11. The largest absolute Gasteiger partial charge is 0.468 e. The number of nitrogens with two attached hydrogens (primary N) is 1. The fraction of sp³-hybridized carbons (Fsp3) is 1.00. The van der Waals surface area contributed by atoms with E-state index in [0.717, 1.165) is 16.9 Å². The second kappa shape index (κ2) is 5.49. The van der Waals surface area contributed by atoms with Crippen LogP contribution in [-0.2, 0) is 4.12 Å². The molecule has 1 atom stereocenters. The first kappa shape index (κ1) is 8.35. The maximum absolute atomic E-state index is 5.51. The van der Waals surface area contributed by atoms with Gasteiger partial charge in [-0.1, -0.05) is 0 Å². The van der Waals surface area contributed by atoms with Gasteiger partial charge in [-0.15, -0.1) is 0 Å². The molecule has 0 spiro atoms. The summed E-state index contributed by atoms with van der Waals surface area (Å²) in [4.78, 5) is 0. The third-order valence-electron chi connectivity index (χ3n) is 1.01. The molecule has 0 aliphatic carbocycles. The molecule has 0 fully saturated rings. The minimum absolute atomic E-state index is 0.139. The Morgan fingerprint density at radius 1 is 1.88 bits per heavy atom. The van der Waals surface area contributed by atoms with Crippen LogP contribution in [0.25, 0.3) is 0 Å². The zero-order chi connectivity index (χ0) is 6.41. The molecule has 0 aliphatic rings. The zero-order valence-corrected chi connectivity index (χ0v) is 9.10. The summed E-state index contributed by atoms with van der Waals surface area (Å²) in [7, 11) is 0.781. The van der Waals surface area contributed by atoms with E-state index >= 15 is 0 Å². The van der Waals surface area contributed by atoms with Crippen LogP contribution >= 0.6 is 0 Å². The van der Waals surface area contributed by atoms with Crippen molar-refractivity contribution >= 4 is 20.2 Å². The predicted octanol–water partition coefficient (Wildman–Crippen LogP) is -1.48. The molecule has 0 bridgehead atoms. The summed E-state index contributed by atoms with van der Waals surface area (Å²) in [6, 6.07) is 1.63. The average molecular weight is 149 g/mol. The van der Waals surface area contributed by atoms with Gasteiger partial charge in [-0.25, -0.2) is 0 Å². The molecular formula is C4H15NOSi2. The maximum atomic E-state index is 5.51. The third kappa shape index (κ3) is 6.35.